The van der Waals surface area contributed by atoms with Gasteiger partial charge >= 0.3 is 11.9 Å². The van der Waals surface area contributed by atoms with Gasteiger partial charge in [0.1, 0.15) is 0 Å². The van der Waals surface area contributed by atoms with E-state index in [4.69, 9.17) is 9.47 Å². The highest BCUT2D eigenvalue weighted by Gasteiger charge is 2.16. The van der Waals surface area contributed by atoms with Gasteiger partial charge in [0.15, 0.2) is 11.5 Å². The van der Waals surface area contributed by atoms with E-state index in [0.29, 0.717) is 11.1 Å². The molecule has 0 aliphatic heterocycles. The molecule has 0 saturated heterocycles. The Balaban J connectivity index is 2.71. The summed E-state index contributed by atoms with van der Waals surface area (Å²) in [6.07, 6.45) is 0. The van der Waals surface area contributed by atoms with Crippen molar-refractivity contribution in [2.45, 2.75) is 13.8 Å². The SMILES string of the molecule is CC(=O)Oc1cccc(-c2ccccc2)c(OC(C)=O)c1=O. The van der Waals surface area contributed by atoms with Crippen LogP contribution in [0.1, 0.15) is 13.8 Å². The monoisotopic (exact) mass is 298 g/mol. The lowest BCUT2D eigenvalue weighted by atomic mass is 10.1. The topological polar surface area (TPSA) is 69.7 Å². The molecule has 0 saturated carbocycles. The average molecular weight is 298 g/mol. The minimum atomic E-state index is -0.658. The highest BCUT2D eigenvalue weighted by molar-refractivity contribution is 5.77. The molecule has 0 unspecified atom stereocenters. The van der Waals surface area contributed by atoms with E-state index >= 15 is 0 Å². The molecule has 2 aromatic rings. The fourth-order valence-electron chi connectivity index (χ4n) is 1.94. The van der Waals surface area contributed by atoms with Gasteiger partial charge in [-0.05, 0) is 11.6 Å². The van der Waals surface area contributed by atoms with Crippen LogP contribution in [0, 0.1) is 0 Å². The molecule has 0 heterocycles. The predicted octanol–water partition coefficient (Wildman–Crippen LogP) is 2.56. The second-order valence-corrected chi connectivity index (χ2v) is 4.52. The van der Waals surface area contributed by atoms with Gasteiger partial charge in [-0.3, -0.25) is 14.4 Å². The van der Waals surface area contributed by atoms with Gasteiger partial charge in [0, 0.05) is 19.4 Å². The first-order valence-electron chi connectivity index (χ1n) is 6.58. The molecule has 5 nitrogen and oxygen atoms in total. The van der Waals surface area contributed by atoms with Crippen molar-refractivity contribution < 1.29 is 19.1 Å². The number of benzene rings is 1. The fourth-order valence-corrected chi connectivity index (χ4v) is 1.94. The molecule has 0 aromatic heterocycles. The molecule has 0 amide bonds. The average Bonchev–Trinajstić information content (AvgIpc) is 2.61. The normalized spacial score (nSPS) is 9.91. The quantitative estimate of drug-likeness (QED) is 0.814. The molecule has 0 spiro atoms. The maximum atomic E-state index is 12.5. The Bertz CT molecular complexity index is 766. The molecule has 0 aliphatic carbocycles. The fraction of sp³-hybridized carbons (Fsp3) is 0.118. The number of hydrogen-bond acceptors (Lipinski definition) is 5. The first-order chi connectivity index (χ1) is 10.5. The third-order valence-corrected chi connectivity index (χ3v) is 2.77. The summed E-state index contributed by atoms with van der Waals surface area (Å²) in [6.45, 7) is 2.39. The lowest BCUT2D eigenvalue weighted by Crippen LogP contribution is -2.15. The van der Waals surface area contributed by atoms with Crippen LogP contribution in [0.15, 0.2) is 53.3 Å². The number of ether oxygens (including phenoxy) is 2. The molecular weight excluding hydrogens is 284 g/mol. The van der Waals surface area contributed by atoms with Gasteiger partial charge in [0.05, 0.1) is 0 Å². The van der Waals surface area contributed by atoms with Crippen molar-refractivity contribution in [1.29, 1.82) is 0 Å². The third kappa shape index (κ3) is 3.58. The van der Waals surface area contributed by atoms with Gasteiger partial charge in [0.2, 0.25) is 0 Å². The van der Waals surface area contributed by atoms with Gasteiger partial charge < -0.3 is 9.47 Å². The van der Waals surface area contributed by atoms with E-state index in [1.165, 1.54) is 19.9 Å². The number of carbonyl (C=O) groups excluding carboxylic acids is 2. The maximum Gasteiger partial charge on any atom is 0.308 e. The summed E-state index contributed by atoms with van der Waals surface area (Å²) in [4.78, 5) is 34.9. The molecule has 0 atom stereocenters. The zero-order chi connectivity index (χ0) is 16.1. The molecule has 2 rings (SSSR count). The first-order valence-corrected chi connectivity index (χ1v) is 6.58. The number of rotatable bonds is 3. The van der Waals surface area contributed by atoms with Gasteiger partial charge in [-0.15, -0.1) is 0 Å². The van der Waals surface area contributed by atoms with Crippen LogP contribution in [0.25, 0.3) is 11.1 Å². The van der Waals surface area contributed by atoms with E-state index in [1.807, 2.05) is 6.07 Å². The summed E-state index contributed by atoms with van der Waals surface area (Å²) in [5.41, 5.74) is 0.495. The summed E-state index contributed by atoms with van der Waals surface area (Å²) in [7, 11) is 0. The molecule has 5 heteroatoms. The summed E-state index contributed by atoms with van der Waals surface area (Å²) in [5.74, 6) is -1.61. The zero-order valence-electron chi connectivity index (χ0n) is 12.2. The molecule has 0 radical (unpaired) electrons. The van der Waals surface area contributed by atoms with Crippen molar-refractivity contribution in [1.82, 2.24) is 0 Å². The minimum absolute atomic E-state index is 0.167. The van der Waals surface area contributed by atoms with Crippen molar-refractivity contribution in [3.05, 3.63) is 58.8 Å². The molecule has 0 N–H and O–H groups in total. The lowest BCUT2D eigenvalue weighted by Gasteiger charge is -2.06. The minimum Gasteiger partial charge on any atom is -0.422 e. The largest absolute Gasteiger partial charge is 0.422 e. The van der Waals surface area contributed by atoms with E-state index < -0.39 is 17.4 Å². The Morgan fingerprint density at radius 3 is 2.05 bits per heavy atom. The molecule has 0 aliphatic rings. The standard InChI is InChI=1S/C17H14O5/c1-11(18)21-15-10-6-9-14(13-7-4-3-5-8-13)17(16(15)20)22-12(2)19/h3-10H,1-2H3. The molecule has 2 aromatic carbocycles. The predicted molar refractivity (Wildman–Crippen MR) is 80.8 cm³/mol. The Morgan fingerprint density at radius 1 is 0.818 bits per heavy atom. The summed E-state index contributed by atoms with van der Waals surface area (Å²) >= 11 is 0. The smallest absolute Gasteiger partial charge is 0.308 e. The number of hydrogen-bond donors (Lipinski definition) is 0. The van der Waals surface area contributed by atoms with E-state index in [0.717, 1.165) is 0 Å². The van der Waals surface area contributed by atoms with Crippen molar-refractivity contribution in [3.8, 4) is 22.6 Å². The van der Waals surface area contributed by atoms with Crippen LogP contribution in [0.4, 0.5) is 0 Å². The van der Waals surface area contributed by atoms with Gasteiger partial charge in [-0.1, -0.05) is 42.5 Å². The highest BCUT2D eigenvalue weighted by atomic mass is 16.5. The first kappa shape index (κ1) is 15.4. The van der Waals surface area contributed by atoms with Crippen LogP contribution < -0.4 is 14.9 Å². The molecule has 0 fully saturated rings. The van der Waals surface area contributed by atoms with E-state index in [-0.39, 0.29) is 11.5 Å². The van der Waals surface area contributed by atoms with Crippen molar-refractivity contribution >= 4 is 11.9 Å². The van der Waals surface area contributed by atoms with E-state index in [1.54, 1.807) is 36.4 Å². The van der Waals surface area contributed by atoms with Crippen LogP contribution in [0.5, 0.6) is 11.5 Å². The van der Waals surface area contributed by atoms with E-state index in [2.05, 4.69) is 0 Å². The molecular formula is C17H14O5. The maximum absolute atomic E-state index is 12.5. The van der Waals surface area contributed by atoms with Crippen LogP contribution in [0.3, 0.4) is 0 Å². The number of esters is 2. The Kier molecular flexibility index (Phi) is 4.68. The summed E-state index contributed by atoms with van der Waals surface area (Å²) in [6, 6.07) is 13.6. The second kappa shape index (κ2) is 6.67. The zero-order valence-corrected chi connectivity index (χ0v) is 12.2. The Morgan fingerprint density at radius 2 is 1.45 bits per heavy atom. The van der Waals surface area contributed by atoms with E-state index in [9.17, 15) is 14.4 Å². The van der Waals surface area contributed by atoms with Crippen LogP contribution in [0.2, 0.25) is 0 Å². The van der Waals surface area contributed by atoms with Crippen LogP contribution in [-0.4, -0.2) is 11.9 Å². The molecule has 22 heavy (non-hydrogen) atoms. The van der Waals surface area contributed by atoms with Crippen molar-refractivity contribution in [2.75, 3.05) is 0 Å². The van der Waals surface area contributed by atoms with Gasteiger partial charge in [-0.2, -0.15) is 0 Å². The third-order valence-electron chi connectivity index (χ3n) is 2.77. The molecule has 0 bridgehead atoms. The second-order valence-electron chi connectivity index (χ2n) is 4.52. The van der Waals surface area contributed by atoms with Crippen molar-refractivity contribution in [2.24, 2.45) is 0 Å². The van der Waals surface area contributed by atoms with Gasteiger partial charge in [0.25, 0.3) is 5.43 Å². The van der Waals surface area contributed by atoms with Crippen LogP contribution in [-0.2, 0) is 9.59 Å². The Hall–Kier alpha value is -2.95. The summed E-state index contributed by atoms with van der Waals surface area (Å²) < 4.78 is 9.95. The Labute approximate surface area is 127 Å². The highest BCUT2D eigenvalue weighted by Crippen LogP contribution is 2.27. The van der Waals surface area contributed by atoms with Gasteiger partial charge in [-0.25, -0.2) is 0 Å². The van der Waals surface area contributed by atoms with Crippen LogP contribution >= 0.6 is 0 Å². The van der Waals surface area contributed by atoms with Crippen molar-refractivity contribution in [3.63, 3.8) is 0 Å². The molecule has 112 valence electrons. The number of carbonyl (C=O) groups is 2. The lowest BCUT2D eigenvalue weighted by molar-refractivity contribution is -0.132. The summed E-state index contributed by atoms with van der Waals surface area (Å²) in [5, 5.41) is 0.